The monoisotopic (exact) mass is 367 g/mol. The van der Waals surface area contributed by atoms with Crippen LogP contribution in [0, 0.1) is 6.92 Å². The minimum absolute atomic E-state index is 0.0502. The van der Waals surface area contributed by atoms with Gasteiger partial charge < -0.3 is 5.11 Å². The Labute approximate surface area is 148 Å². The van der Waals surface area contributed by atoms with Crippen LogP contribution >= 0.6 is 11.6 Å². The quantitative estimate of drug-likeness (QED) is 0.728. The van der Waals surface area contributed by atoms with Gasteiger partial charge in [0.15, 0.2) is 0 Å². The number of sulfonamides is 1. The summed E-state index contributed by atoms with van der Waals surface area (Å²) in [6.45, 7) is 1.97. The first kappa shape index (κ1) is 18.9. The van der Waals surface area contributed by atoms with E-state index >= 15 is 0 Å². The Morgan fingerprint density at radius 1 is 1.04 bits per heavy atom. The molecule has 0 bridgehead atoms. The van der Waals surface area contributed by atoms with E-state index in [0.717, 1.165) is 11.1 Å². The van der Waals surface area contributed by atoms with Crippen molar-refractivity contribution in [3.05, 3.63) is 65.7 Å². The molecule has 0 aromatic heterocycles. The van der Waals surface area contributed by atoms with Crippen LogP contribution in [0.15, 0.2) is 59.5 Å². The summed E-state index contributed by atoms with van der Waals surface area (Å²) in [5.74, 6) is 0. The largest absolute Gasteiger partial charge is 0.395 e. The second-order valence-corrected chi connectivity index (χ2v) is 8.07. The lowest BCUT2D eigenvalue weighted by molar-refractivity contribution is 0.252. The molecule has 4 nitrogen and oxygen atoms in total. The van der Waals surface area contributed by atoms with E-state index in [4.69, 9.17) is 11.6 Å². The molecule has 2 rings (SSSR count). The van der Waals surface area contributed by atoms with Crippen molar-refractivity contribution < 1.29 is 13.5 Å². The van der Waals surface area contributed by atoms with Crippen molar-refractivity contribution in [2.24, 2.45) is 0 Å². The Morgan fingerprint density at radius 3 is 2.25 bits per heavy atom. The molecule has 0 saturated heterocycles. The molecule has 130 valence electrons. The Morgan fingerprint density at radius 2 is 1.67 bits per heavy atom. The molecule has 0 saturated carbocycles. The van der Waals surface area contributed by atoms with Crippen LogP contribution in [0.1, 0.15) is 22.9 Å². The minimum Gasteiger partial charge on any atom is -0.395 e. The van der Waals surface area contributed by atoms with Crippen molar-refractivity contribution in [3.8, 4) is 0 Å². The van der Waals surface area contributed by atoms with E-state index < -0.39 is 10.0 Å². The van der Waals surface area contributed by atoms with Gasteiger partial charge in [0.2, 0.25) is 10.0 Å². The van der Waals surface area contributed by atoms with E-state index in [1.807, 2.05) is 37.3 Å². The SMILES string of the molecule is Cc1ccc(S(=O)(=O)N(CCO)CCC(Cl)c2ccccc2)cc1. The fourth-order valence-corrected chi connectivity index (χ4v) is 4.10. The van der Waals surface area contributed by atoms with Crippen LogP contribution < -0.4 is 0 Å². The smallest absolute Gasteiger partial charge is 0.243 e. The summed E-state index contributed by atoms with van der Waals surface area (Å²) in [5, 5.41) is 8.96. The fourth-order valence-electron chi connectivity index (χ4n) is 2.41. The molecule has 24 heavy (non-hydrogen) atoms. The summed E-state index contributed by atoms with van der Waals surface area (Å²) < 4.78 is 26.8. The Balaban J connectivity index is 2.12. The topological polar surface area (TPSA) is 57.6 Å². The molecular weight excluding hydrogens is 346 g/mol. The molecule has 1 N–H and O–H groups in total. The van der Waals surface area contributed by atoms with Crippen molar-refractivity contribution in [3.63, 3.8) is 0 Å². The highest BCUT2D eigenvalue weighted by Crippen LogP contribution is 2.25. The maximum Gasteiger partial charge on any atom is 0.243 e. The van der Waals surface area contributed by atoms with E-state index in [-0.39, 0.29) is 30.0 Å². The minimum atomic E-state index is -3.64. The van der Waals surface area contributed by atoms with Crippen LogP contribution in [0.3, 0.4) is 0 Å². The van der Waals surface area contributed by atoms with E-state index in [9.17, 15) is 13.5 Å². The van der Waals surface area contributed by atoms with Crippen LogP contribution in [0.4, 0.5) is 0 Å². The van der Waals surface area contributed by atoms with Gasteiger partial charge in [-0.2, -0.15) is 4.31 Å². The number of rotatable bonds is 8. The zero-order valence-electron chi connectivity index (χ0n) is 13.6. The van der Waals surface area contributed by atoms with Gasteiger partial charge in [-0.3, -0.25) is 0 Å². The molecule has 0 fully saturated rings. The van der Waals surface area contributed by atoms with Crippen LogP contribution in [0.2, 0.25) is 0 Å². The highest BCUT2D eigenvalue weighted by atomic mass is 35.5. The standard InChI is InChI=1S/C18H22ClNO3S/c1-15-7-9-17(10-8-15)24(22,23)20(13-14-21)12-11-18(19)16-5-3-2-4-6-16/h2-10,18,21H,11-14H2,1H3. The van der Waals surface area contributed by atoms with Gasteiger partial charge in [-0.15, -0.1) is 11.6 Å². The summed E-state index contributed by atoms with van der Waals surface area (Å²) in [7, 11) is -3.64. The second-order valence-electron chi connectivity index (χ2n) is 5.61. The van der Waals surface area contributed by atoms with E-state index in [2.05, 4.69) is 0 Å². The zero-order chi connectivity index (χ0) is 17.6. The van der Waals surface area contributed by atoms with Gasteiger partial charge in [0.25, 0.3) is 0 Å². The zero-order valence-corrected chi connectivity index (χ0v) is 15.2. The summed E-state index contributed by atoms with van der Waals surface area (Å²) in [6.07, 6.45) is 0.469. The number of hydrogen-bond donors (Lipinski definition) is 1. The molecule has 1 atom stereocenters. The molecule has 2 aromatic rings. The van der Waals surface area contributed by atoms with Crippen molar-refractivity contribution in [2.75, 3.05) is 19.7 Å². The Kier molecular flexibility index (Phi) is 6.80. The summed E-state index contributed by atoms with van der Waals surface area (Å²) in [6, 6.07) is 16.3. The van der Waals surface area contributed by atoms with Crippen LogP contribution in [-0.2, 0) is 10.0 Å². The number of alkyl halides is 1. The number of benzene rings is 2. The van der Waals surface area contributed by atoms with Crippen molar-refractivity contribution >= 4 is 21.6 Å². The maximum atomic E-state index is 12.8. The molecule has 0 heterocycles. The van der Waals surface area contributed by atoms with Gasteiger partial charge >= 0.3 is 0 Å². The number of aryl methyl sites for hydroxylation is 1. The number of hydrogen-bond acceptors (Lipinski definition) is 3. The van der Waals surface area contributed by atoms with Gasteiger partial charge in [0, 0.05) is 13.1 Å². The van der Waals surface area contributed by atoms with Crippen LogP contribution in [0.25, 0.3) is 0 Å². The van der Waals surface area contributed by atoms with Crippen molar-refractivity contribution in [1.29, 1.82) is 0 Å². The number of aliphatic hydroxyl groups excluding tert-OH is 1. The van der Waals surface area contributed by atoms with Gasteiger partial charge in [0.05, 0.1) is 16.9 Å². The lowest BCUT2D eigenvalue weighted by Gasteiger charge is -2.22. The first-order valence-electron chi connectivity index (χ1n) is 7.82. The normalized spacial score (nSPS) is 13.2. The first-order chi connectivity index (χ1) is 11.4. The van der Waals surface area contributed by atoms with Crippen molar-refractivity contribution in [2.45, 2.75) is 23.6 Å². The van der Waals surface area contributed by atoms with Crippen molar-refractivity contribution in [1.82, 2.24) is 4.31 Å². The van der Waals surface area contributed by atoms with E-state index in [0.29, 0.717) is 6.42 Å². The average Bonchev–Trinajstić information content (AvgIpc) is 2.59. The lowest BCUT2D eigenvalue weighted by atomic mass is 10.1. The number of halogens is 1. The second kappa shape index (κ2) is 8.62. The van der Waals surface area contributed by atoms with Gasteiger partial charge in [0.1, 0.15) is 0 Å². The van der Waals surface area contributed by atoms with Gasteiger partial charge in [-0.05, 0) is 31.0 Å². The number of aliphatic hydroxyl groups is 1. The highest BCUT2D eigenvalue weighted by molar-refractivity contribution is 7.89. The average molecular weight is 368 g/mol. The lowest BCUT2D eigenvalue weighted by Crippen LogP contribution is -2.34. The summed E-state index contributed by atoms with van der Waals surface area (Å²) >= 11 is 6.38. The first-order valence-corrected chi connectivity index (χ1v) is 9.69. The molecule has 6 heteroatoms. The molecule has 0 aliphatic rings. The molecule has 0 spiro atoms. The highest BCUT2D eigenvalue weighted by Gasteiger charge is 2.24. The molecular formula is C18H22ClNO3S. The predicted molar refractivity (Wildman–Crippen MR) is 96.7 cm³/mol. The molecule has 0 radical (unpaired) electrons. The van der Waals surface area contributed by atoms with Crippen LogP contribution in [0.5, 0.6) is 0 Å². The van der Waals surface area contributed by atoms with Gasteiger partial charge in [-0.25, -0.2) is 8.42 Å². The molecule has 0 aliphatic heterocycles. The molecule has 1 unspecified atom stereocenters. The third-order valence-corrected chi connectivity index (χ3v) is 6.18. The Hall–Kier alpha value is -1.40. The maximum absolute atomic E-state index is 12.8. The molecule has 0 aliphatic carbocycles. The molecule has 0 amide bonds. The third-order valence-electron chi connectivity index (χ3n) is 3.80. The Bertz CT molecular complexity index is 733. The van der Waals surface area contributed by atoms with E-state index in [1.54, 1.807) is 24.3 Å². The van der Waals surface area contributed by atoms with Crippen LogP contribution in [-0.4, -0.2) is 37.5 Å². The fraction of sp³-hybridized carbons (Fsp3) is 0.333. The number of nitrogens with zero attached hydrogens (tertiary/aromatic N) is 1. The predicted octanol–water partition coefficient (Wildman–Crippen LogP) is 3.35. The third kappa shape index (κ3) is 4.80. The summed E-state index contributed by atoms with van der Waals surface area (Å²) in [4.78, 5) is 0.229. The molecule has 2 aromatic carbocycles. The van der Waals surface area contributed by atoms with E-state index in [1.165, 1.54) is 4.31 Å². The summed E-state index contributed by atoms with van der Waals surface area (Å²) in [5.41, 5.74) is 1.95. The van der Waals surface area contributed by atoms with Gasteiger partial charge in [-0.1, -0.05) is 48.0 Å².